The zero-order valence-corrected chi connectivity index (χ0v) is 19.3. The zero-order valence-electron chi connectivity index (χ0n) is 16.9. The Labute approximate surface area is 198 Å². The van der Waals surface area contributed by atoms with E-state index in [2.05, 4.69) is 0 Å². The number of carbonyl (C=O) groups excluding carboxylic acids is 2. The van der Waals surface area contributed by atoms with Crippen LogP contribution in [0.3, 0.4) is 0 Å². The topological polar surface area (TPSA) is 93.1 Å². The Morgan fingerprint density at radius 3 is 2.66 bits per heavy atom. The Balaban J connectivity index is 1.76. The van der Waals surface area contributed by atoms with Crippen LogP contribution in [0.2, 0.25) is 5.02 Å². The van der Waals surface area contributed by atoms with Crippen molar-refractivity contribution in [1.82, 2.24) is 4.90 Å². The fourth-order valence-corrected chi connectivity index (χ4v) is 4.39. The Hall–Kier alpha value is -2.88. The number of hydrogen-bond acceptors (Lipinski definition) is 7. The van der Waals surface area contributed by atoms with Crippen molar-refractivity contribution in [2.45, 2.75) is 12.8 Å². The van der Waals surface area contributed by atoms with Gasteiger partial charge >= 0.3 is 11.9 Å². The number of hydrogen-bond donors (Lipinski definition) is 1. The quantitative estimate of drug-likeness (QED) is 0.247. The molecule has 0 aliphatic carbocycles. The number of halogens is 1. The molecule has 1 heterocycles. The van der Waals surface area contributed by atoms with Gasteiger partial charge in [-0.15, -0.1) is 0 Å². The summed E-state index contributed by atoms with van der Waals surface area (Å²) in [5, 5.41) is 9.04. The lowest BCUT2D eigenvalue weighted by Gasteiger charge is -2.13. The van der Waals surface area contributed by atoms with Crippen molar-refractivity contribution in [2.75, 3.05) is 13.7 Å². The monoisotopic (exact) mass is 491 g/mol. The number of carboxylic acid groups (broad SMARTS) is 1. The summed E-state index contributed by atoms with van der Waals surface area (Å²) in [7, 11) is 1.44. The molecular formula is C22H18ClNO6S2. The molecule has 2 aromatic carbocycles. The van der Waals surface area contributed by atoms with E-state index in [0.717, 1.165) is 11.8 Å². The Morgan fingerprint density at radius 2 is 1.97 bits per heavy atom. The largest absolute Gasteiger partial charge is 0.493 e. The fraction of sp³-hybridized carbons (Fsp3) is 0.182. The standard InChI is InChI=1S/C22H18ClNO6S2/c1-29-17-11-13(8-9-16(17)30-21(28)14-5-2-3-6-15(14)23)12-18-20(27)24(22(31)32-18)10-4-7-19(25)26/h2-3,5-6,8-9,11-12H,4,7,10H2,1H3,(H,25,26)/b18-12-. The summed E-state index contributed by atoms with van der Waals surface area (Å²) in [6, 6.07) is 11.4. The predicted octanol–water partition coefficient (Wildman–Crippen LogP) is 4.63. The fourth-order valence-electron chi connectivity index (χ4n) is 2.87. The van der Waals surface area contributed by atoms with Gasteiger partial charge in [-0.3, -0.25) is 14.5 Å². The first-order valence-electron chi connectivity index (χ1n) is 9.42. The van der Waals surface area contributed by atoms with E-state index in [-0.39, 0.29) is 35.2 Å². The number of thioether (sulfide) groups is 1. The summed E-state index contributed by atoms with van der Waals surface area (Å²) in [5.41, 5.74) is 0.872. The number of benzene rings is 2. The summed E-state index contributed by atoms with van der Waals surface area (Å²) < 4.78 is 11.1. The maximum Gasteiger partial charge on any atom is 0.345 e. The van der Waals surface area contributed by atoms with E-state index >= 15 is 0 Å². The molecule has 7 nitrogen and oxygen atoms in total. The number of carboxylic acids is 1. The number of amides is 1. The lowest BCUT2D eigenvalue weighted by Crippen LogP contribution is -2.29. The molecule has 2 aromatic rings. The third kappa shape index (κ3) is 5.67. The van der Waals surface area contributed by atoms with Crippen LogP contribution in [0.15, 0.2) is 47.4 Å². The summed E-state index contributed by atoms with van der Waals surface area (Å²) in [4.78, 5) is 37.6. The maximum atomic E-state index is 12.6. The highest BCUT2D eigenvalue weighted by molar-refractivity contribution is 8.26. The molecule has 1 saturated heterocycles. The average molecular weight is 492 g/mol. The van der Waals surface area contributed by atoms with Crippen molar-refractivity contribution in [3.05, 3.63) is 63.5 Å². The molecule has 0 unspecified atom stereocenters. The van der Waals surface area contributed by atoms with Gasteiger partial charge in [0.05, 0.1) is 22.6 Å². The molecule has 1 fully saturated rings. The second-order valence-corrected chi connectivity index (χ2v) is 8.69. The molecule has 3 rings (SSSR count). The Bertz CT molecular complexity index is 1120. The molecular weight excluding hydrogens is 474 g/mol. The van der Waals surface area contributed by atoms with Gasteiger partial charge in [0.1, 0.15) is 4.32 Å². The molecule has 1 aliphatic heterocycles. The van der Waals surface area contributed by atoms with Crippen molar-refractivity contribution in [1.29, 1.82) is 0 Å². The van der Waals surface area contributed by atoms with Crippen LogP contribution in [-0.4, -0.2) is 45.8 Å². The summed E-state index contributed by atoms with van der Waals surface area (Å²) >= 11 is 12.4. The molecule has 1 N–H and O–H groups in total. The molecule has 0 spiro atoms. The van der Waals surface area contributed by atoms with E-state index in [9.17, 15) is 14.4 Å². The SMILES string of the molecule is COc1cc(/C=C2\SC(=S)N(CCCC(=O)O)C2=O)ccc1OC(=O)c1ccccc1Cl. The van der Waals surface area contributed by atoms with Gasteiger partial charge in [0.15, 0.2) is 11.5 Å². The van der Waals surface area contributed by atoms with Gasteiger partial charge in [0, 0.05) is 13.0 Å². The van der Waals surface area contributed by atoms with Crippen molar-refractivity contribution >= 4 is 63.8 Å². The molecule has 0 atom stereocenters. The van der Waals surface area contributed by atoms with Crippen molar-refractivity contribution in [3.63, 3.8) is 0 Å². The number of carbonyl (C=O) groups is 3. The van der Waals surface area contributed by atoms with Gasteiger partial charge < -0.3 is 14.6 Å². The molecule has 0 radical (unpaired) electrons. The van der Waals surface area contributed by atoms with Crippen molar-refractivity contribution in [3.8, 4) is 11.5 Å². The summed E-state index contributed by atoms with van der Waals surface area (Å²) in [6.07, 6.45) is 1.93. The normalized spacial score (nSPS) is 14.7. The summed E-state index contributed by atoms with van der Waals surface area (Å²) in [6.45, 7) is 0.245. The van der Waals surface area contributed by atoms with E-state index in [0.29, 0.717) is 27.0 Å². The van der Waals surface area contributed by atoms with Crippen LogP contribution in [-0.2, 0) is 9.59 Å². The van der Waals surface area contributed by atoms with Gasteiger partial charge in [-0.1, -0.05) is 53.8 Å². The van der Waals surface area contributed by atoms with Gasteiger partial charge in [-0.2, -0.15) is 0 Å². The lowest BCUT2D eigenvalue weighted by molar-refractivity contribution is -0.137. The van der Waals surface area contributed by atoms with Gasteiger partial charge in [0.2, 0.25) is 0 Å². The molecule has 0 aromatic heterocycles. The van der Waals surface area contributed by atoms with Crippen LogP contribution in [0.1, 0.15) is 28.8 Å². The van der Waals surface area contributed by atoms with E-state index in [4.69, 9.17) is 38.4 Å². The zero-order chi connectivity index (χ0) is 23.3. The van der Waals surface area contributed by atoms with Crippen LogP contribution in [0.25, 0.3) is 6.08 Å². The van der Waals surface area contributed by atoms with Crippen molar-refractivity contribution in [2.24, 2.45) is 0 Å². The number of methoxy groups -OCH3 is 1. The lowest BCUT2D eigenvalue weighted by atomic mass is 10.1. The molecule has 32 heavy (non-hydrogen) atoms. The van der Waals surface area contributed by atoms with E-state index in [1.807, 2.05) is 0 Å². The van der Waals surface area contributed by atoms with Crippen LogP contribution >= 0.6 is 35.6 Å². The smallest absolute Gasteiger partial charge is 0.345 e. The first-order valence-corrected chi connectivity index (χ1v) is 11.0. The van der Waals surface area contributed by atoms with E-state index in [1.165, 1.54) is 12.0 Å². The number of esters is 1. The Morgan fingerprint density at radius 1 is 1.22 bits per heavy atom. The first kappa shape index (κ1) is 23.8. The minimum atomic E-state index is -0.923. The average Bonchev–Trinajstić information content (AvgIpc) is 3.02. The minimum absolute atomic E-state index is 0.0400. The third-order valence-electron chi connectivity index (χ3n) is 4.43. The second kappa shape index (κ2) is 10.6. The highest BCUT2D eigenvalue weighted by Gasteiger charge is 2.31. The number of nitrogens with zero attached hydrogens (tertiary/aromatic N) is 1. The van der Waals surface area contributed by atoms with Gasteiger partial charge in [-0.05, 0) is 42.3 Å². The maximum absolute atomic E-state index is 12.6. The van der Waals surface area contributed by atoms with Gasteiger partial charge in [0.25, 0.3) is 5.91 Å². The molecule has 1 amide bonds. The van der Waals surface area contributed by atoms with Crippen molar-refractivity contribution < 1.29 is 29.0 Å². The minimum Gasteiger partial charge on any atom is -0.493 e. The van der Waals surface area contributed by atoms with Crippen LogP contribution in [0, 0.1) is 0 Å². The molecule has 0 saturated carbocycles. The van der Waals surface area contributed by atoms with E-state index in [1.54, 1.807) is 48.5 Å². The first-order chi connectivity index (χ1) is 15.3. The van der Waals surface area contributed by atoms with Gasteiger partial charge in [-0.25, -0.2) is 4.79 Å². The number of rotatable bonds is 8. The van der Waals surface area contributed by atoms with Crippen LogP contribution < -0.4 is 9.47 Å². The third-order valence-corrected chi connectivity index (χ3v) is 6.14. The summed E-state index contributed by atoms with van der Waals surface area (Å²) in [5.74, 6) is -1.32. The molecule has 10 heteroatoms. The second-order valence-electron chi connectivity index (χ2n) is 6.61. The number of aliphatic carboxylic acids is 1. The highest BCUT2D eigenvalue weighted by atomic mass is 35.5. The Kier molecular flexibility index (Phi) is 7.89. The molecule has 166 valence electrons. The molecule has 0 bridgehead atoms. The number of ether oxygens (including phenoxy) is 2. The van der Waals surface area contributed by atoms with Crippen LogP contribution in [0.4, 0.5) is 0 Å². The number of thiocarbonyl (C=S) groups is 1. The molecule has 1 aliphatic rings. The van der Waals surface area contributed by atoms with Crippen LogP contribution in [0.5, 0.6) is 11.5 Å². The predicted molar refractivity (Wildman–Crippen MR) is 126 cm³/mol. The highest BCUT2D eigenvalue weighted by Crippen LogP contribution is 2.35. The van der Waals surface area contributed by atoms with E-state index < -0.39 is 11.9 Å².